The maximum atomic E-state index is 3.12. The van der Waals surface area contributed by atoms with E-state index in [0.29, 0.717) is 0 Å². The van der Waals surface area contributed by atoms with E-state index in [1.54, 1.807) is 0 Å². The first kappa shape index (κ1) is 10.1. The molecule has 0 amide bonds. The Morgan fingerprint density at radius 3 is 2.46 bits per heavy atom. The molecule has 1 nitrogen and oxygen atoms in total. The first-order valence-electron chi connectivity index (χ1n) is 3.82. The van der Waals surface area contributed by atoms with E-state index >= 15 is 0 Å². The topological polar surface area (TPSA) is 3.88 Å². The van der Waals surface area contributed by atoms with Gasteiger partial charge in [-0.25, -0.2) is 0 Å². The molecule has 0 aliphatic rings. The Balaban J connectivity index is 0.000000845. The van der Waals surface area contributed by atoms with Crippen molar-refractivity contribution in [3.8, 4) is 5.69 Å². The molecule has 0 bridgehead atoms. The molecule has 0 N–H and O–H groups in total. The molecule has 1 aromatic heterocycles. The zero-order valence-corrected chi connectivity index (χ0v) is 9.29. The zero-order valence-electron chi connectivity index (χ0n) is 6.90. The zero-order chi connectivity index (χ0) is 8.23. The van der Waals surface area contributed by atoms with Crippen molar-refractivity contribution < 1.29 is 24.7 Å². The van der Waals surface area contributed by atoms with Crippen molar-refractivity contribution in [2.75, 3.05) is 0 Å². The number of nitrogens with zero attached hydrogens (tertiary/aromatic N) is 1. The average Bonchev–Trinajstić information content (AvgIpc) is 2.21. The normalized spacial score (nSPS) is 8.92. The van der Waals surface area contributed by atoms with Crippen molar-refractivity contribution in [1.29, 1.82) is 0 Å². The summed E-state index contributed by atoms with van der Waals surface area (Å²) in [5, 5.41) is 0. The molecule has 13 heavy (non-hydrogen) atoms. The molecule has 2 rings (SSSR count). The van der Waals surface area contributed by atoms with Crippen LogP contribution in [0.1, 0.15) is 0 Å². The van der Waals surface area contributed by atoms with Crippen LogP contribution < -0.4 is 4.57 Å². The van der Waals surface area contributed by atoms with Crippen LogP contribution in [-0.4, -0.2) is 0 Å². The Morgan fingerprint density at radius 2 is 1.85 bits per heavy atom. The van der Waals surface area contributed by atoms with Crippen molar-refractivity contribution in [1.82, 2.24) is 0 Å². The van der Waals surface area contributed by atoms with Gasteiger partial charge < -0.3 is 4.57 Å². The maximum absolute atomic E-state index is 3.12. The molecule has 67 valence electrons. The molecule has 0 saturated carbocycles. The molecule has 0 saturated heterocycles. The predicted octanol–water partition coefficient (Wildman–Crippen LogP) is 1.56. The van der Waals surface area contributed by atoms with Crippen LogP contribution in [0.2, 0.25) is 0 Å². The molecule has 0 aliphatic carbocycles. The van der Waals surface area contributed by atoms with E-state index in [1.165, 1.54) is 0 Å². The molecule has 1 aromatic carbocycles. The fourth-order valence-electron chi connectivity index (χ4n) is 1.04. The summed E-state index contributed by atoms with van der Waals surface area (Å²) in [6, 6.07) is 16.7. The van der Waals surface area contributed by atoms with Gasteiger partial charge in [0.25, 0.3) is 0 Å². The van der Waals surface area contributed by atoms with Crippen LogP contribution in [0.5, 0.6) is 0 Å². The first-order valence-corrected chi connectivity index (χ1v) is 3.82. The van der Waals surface area contributed by atoms with E-state index in [2.05, 4.69) is 12.3 Å². The first-order chi connectivity index (χ1) is 5.97. The monoisotopic (exact) mass is 347 g/mol. The van der Waals surface area contributed by atoms with Gasteiger partial charge in [-0.1, -0.05) is 12.1 Å². The Hall–Kier alpha value is -0.981. The molecular formula is C11H8IrN-. The van der Waals surface area contributed by atoms with E-state index in [9.17, 15) is 0 Å². The Labute approximate surface area is 91.4 Å². The Kier molecular flexibility index (Phi) is 3.81. The molecule has 1 radical (unpaired) electrons. The summed E-state index contributed by atoms with van der Waals surface area (Å²) in [5.41, 5.74) is 1.01. The van der Waals surface area contributed by atoms with Crippen LogP contribution in [0.3, 0.4) is 0 Å². The van der Waals surface area contributed by atoms with Gasteiger partial charge in [0, 0.05) is 25.8 Å². The fraction of sp³-hybridized carbons (Fsp3) is 0. The molecule has 0 aliphatic heterocycles. The van der Waals surface area contributed by atoms with Gasteiger partial charge in [0.15, 0.2) is 0 Å². The molecule has 2 heteroatoms. The van der Waals surface area contributed by atoms with Gasteiger partial charge in [0.1, 0.15) is 6.20 Å². The van der Waals surface area contributed by atoms with Crippen molar-refractivity contribution in [3.63, 3.8) is 0 Å². The summed E-state index contributed by atoms with van der Waals surface area (Å²) in [7, 11) is 0. The number of rotatable bonds is 1. The number of benzene rings is 1. The quantitative estimate of drug-likeness (QED) is 0.545. The molecule has 0 spiro atoms. The predicted molar refractivity (Wildman–Crippen MR) is 45.6 cm³/mol. The van der Waals surface area contributed by atoms with Gasteiger partial charge in [0.2, 0.25) is 0 Å². The smallest absolute Gasteiger partial charge is 0.150 e. The van der Waals surface area contributed by atoms with Crippen LogP contribution in [0.4, 0.5) is 0 Å². The molecule has 0 atom stereocenters. The van der Waals surface area contributed by atoms with E-state index < -0.39 is 0 Å². The summed E-state index contributed by atoms with van der Waals surface area (Å²) in [4.78, 5) is 0. The van der Waals surface area contributed by atoms with Crippen LogP contribution >= 0.6 is 0 Å². The van der Waals surface area contributed by atoms with Crippen molar-refractivity contribution in [2.45, 2.75) is 0 Å². The maximum Gasteiger partial charge on any atom is 0.150 e. The van der Waals surface area contributed by atoms with Crippen molar-refractivity contribution in [3.05, 3.63) is 60.9 Å². The summed E-state index contributed by atoms with van der Waals surface area (Å²) in [6.07, 6.45) is 5.02. The van der Waals surface area contributed by atoms with Crippen molar-refractivity contribution >= 4 is 0 Å². The number of hydrogen-bond acceptors (Lipinski definition) is 0. The summed E-state index contributed by atoms with van der Waals surface area (Å²) < 4.78 is 1.90. The molecule has 0 unspecified atom stereocenters. The second-order valence-electron chi connectivity index (χ2n) is 2.45. The third kappa shape index (κ3) is 2.48. The molecule has 0 fully saturated rings. The second kappa shape index (κ2) is 4.90. The van der Waals surface area contributed by atoms with E-state index in [-0.39, 0.29) is 20.1 Å². The average molecular weight is 346 g/mol. The van der Waals surface area contributed by atoms with Gasteiger partial charge in [-0.15, -0.1) is 12.1 Å². The second-order valence-corrected chi connectivity index (χ2v) is 2.45. The van der Waals surface area contributed by atoms with E-state index in [1.807, 2.05) is 53.2 Å². The summed E-state index contributed by atoms with van der Waals surface area (Å²) >= 11 is 0. The number of aromatic nitrogens is 1. The standard InChI is InChI=1S/C11H8N.Ir/c1-3-7-11(8-4-1)12-9-5-2-6-10-12;/h1-7,9H;/q-1;. The van der Waals surface area contributed by atoms with Gasteiger partial charge in [-0.2, -0.15) is 24.3 Å². The minimum absolute atomic E-state index is 0. The van der Waals surface area contributed by atoms with Gasteiger partial charge >= 0.3 is 0 Å². The minimum atomic E-state index is 0. The van der Waals surface area contributed by atoms with Crippen LogP contribution in [-0.2, 0) is 20.1 Å². The molecular weight excluding hydrogens is 338 g/mol. The third-order valence-electron chi connectivity index (χ3n) is 1.61. The summed E-state index contributed by atoms with van der Waals surface area (Å²) in [5.74, 6) is 0. The Bertz CT molecular complexity index is 307. The number of hydrogen-bond donors (Lipinski definition) is 0. The summed E-state index contributed by atoms with van der Waals surface area (Å²) in [6.45, 7) is 0. The largest absolute Gasteiger partial charge is 0.307 e. The van der Waals surface area contributed by atoms with Crippen molar-refractivity contribution in [2.24, 2.45) is 0 Å². The van der Waals surface area contributed by atoms with Crippen LogP contribution in [0.15, 0.2) is 48.7 Å². The Morgan fingerprint density at radius 1 is 1.00 bits per heavy atom. The van der Waals surface area contributed by atoms with E-state index in [0.717, 1.165) is 5.69 Å². The van der Waals surface area contributed by atoms with Gasteiger partial charge in [-0.05, 0) is 0 Å². The van der Waals surface area contributed by atoms with Gasteiger partial charge in [-0.3, -0.25) is 0 Å². The van der Waals surface area contributed by atoms with E-state index in [4.69, 9.17) is 0 Å². The molecule has 1 heterocycles. The fourth-order valence-corrected chi connectivity index (χ4v) is 1.04. The number of para-hydroxylation sites is 1. The van der Waals surface area contributed by atoms with Gasteiger partial charge in [0.05, 0.1) is 6.20 Å². The SMILES string of the molecule is [Ir].[c-]1ccccc1-[n+]1[c-]cccc1. The third-order valence-corrected chi connectivity index (χ3v) is 1.61. The molecule has 2 aromatic rings. The van der Waals surface area contributed by atoms with Crippen LogP contribution in [0.25, 0.3) is 5.69 Å². The number of pyridine rings is 1. The van der Waals surface area contributed by atoms with Crippen LogP contribution in [0, 0.1) is 12.3 Å². The minimum Gasteiger partial charge on any atom is -0.307 e.